The molecule has 0 aliphatic rings. The van der Waals surface area contributed by atoms with E-state index in [9.17, 15) is 0 Å². The maximum atomic E-state index is 6.20. The third kappa shape index (κ3) is 10.4. The molecule has 71 valence electrons. The predicted molar refractivity (Wildman–Crippen MR) is 43.8 cm³/mol. The fourth-order valence-corrected chi connectivity index (χ4v) is 0.579. The van der Waals surface area contributed by atoms with E-state index in [0.717, 1.165) is 19.3 Å². The van der Waals surface area contributed by atoms with Crippen molar-refractivity contribution in [1.29, 1.82) is 5.53 Å². The van der Waals surface area contributed by atoms with Crippen LogP contribution >= 0.6 is 0 Å². The fraction of sp³-hybridized carbons (Fsp3) is 1.00. The lowest BCUT2D eigenvalue weighted by atomic mass is 10.3. The topological polar surface area (TPSA) is 112 Å². The van der Waals surface area contributed by atoms with Crippen molar-refractivity contribution >= 4 is 0 Å². The third-order valence-electron chi connectivity index (χ3n) is 1.13. The van der Waals surface area contributed by atoms with E-state index in [1.165, 1.54) is 0 Å². The molecule has 0 aromatic rings. The van der Waals surface area contributed by atoms with Crippen molar-refractivity contribution in [2.24, 2.45) is 31.2 Å². The van der Waals surface area contributed by atoms with Crippen molar-refractivity contribution in [3.63, 3.8) is 0 Å². The van der Waals surface area contributed by atoms with Crippen molar-refractivity contribution in [2.75, 3.05) is 6.54 Å². The molecule has 0 saturated heterocycles. The largest absolute Gasteiger partial charge is 0.171 e. The minimum Gasteiger partial charge on any atom is -0.168 e. The summed E-state index contributed by atoms with van der Waals surface area (Å²) in [6.07, 6.45) is 3.28. The minimum atomic E-state index is 0.646. The first kappa shape index (κ1) is 11.4. The molecule has 0 fully saturated rings. The second-order valence-corrected chi connectivity index (χ2v) is 2.12. The van der Waals surface area contributed by atoms with E-state index in [-0.39, 0.29) is 0 Å². The van der Waals surface area contributed by atoms with Gasteiger partial charge in [-0.1, -0.05) is 24.9 Å². The van der Waals surface area contributed by atoms with E-state index in [4.69, 9.17) is 5.53 Å². The predicted octanol–water partition coefficient (Wildman–Crippen LogP) is 2.64. The van der Waals surface area contributed by atoms with Gasteiger partial charge >= 0.3 is 0 Å². The lowest BCUT2D eigenvalue weighted by Crippen LogP contribution is -1.78. The van der Waals surface area contributed by atoms with Gasteiger partial charge in [-0.25, -0.2) is 0 Å². The normalized spacial score (nSPS) is 12.1. The molecule has 0 aliphatic carbocycles. The molecule has 0 spiro atoms. The first-order valence-electron chi connectivity index (χ1n) is 3.95. The Balaban J connectivity index is 3.34. The quantitative estimate of drug-likeness (QED) is 0.356. The molecular formula is C5H12N8+. The van der Waals surface area contributed by atoms with Crippen LogP contribution in [0, 0.1) is 5.53 Å². The van der Waals surface area contributed by atoms with E-state index in [1.807, 2.05) is 0 Å². The Morgan fingerprint density at radius 3 is 2.77 bits per heavy atom. The summed E-state index contributed by atoms with van der Waals surface area (Å²) in [6.45, 7) is 2.76. The number of unbranched alkanes of at least 4 members (excludes halogenated alkanes) is 2. The van der Waals surface area contributed by atoms with Crippen LogP contribution in [0.25, 0.3) is 0 Å². The summed E-state index contributed by atoms with van der Waals surface area (Å²) in [4.78, 5) is 0. The Labute approximate surface area is 75.7 Å². The van der Waals surface area contributed by atoms with Crippen LogP contribution < -0.4 is 5.22 Å². The van der Waals surface area contributed by atoms with Gasteiger partial charge in [0.25, 0.3) is 0 Å². The second kappa shape index (κ2) is 10.4. The van der Waals surface area contributed by atoms with E-state index in [1.54, 1.807) is 0 Å². The summed E-state index contributed by atoms with van der Waals surface area (Å²) in [5.41, 5.74) is 6.20. The summed E-state index contributed by atoms with van der Waals surface area (Å²) in [5.74, 6) is 0. The molecule has 8 heteroatoms. The molecule has 1 radical (unpaired) electrons. The first-order chi connectivity index (χ1) is 6.41. The molecule has 0 heterocycles. The highest BCUT2D eigenvalue weighted by molar-refractivity contribution is 4.39. The Morgan fingerprint density at radius 1 is 1.23 bits per heavy atom. The van der Waals surface area contributed by atoms with E-state index < -0.39 is 0 Å². The van der Waals surface area contributed by atoms with Crippen molar-refractivity contribution in [3.8, 4) is 0 Å². The molecule has 0 unspecified atom stereocenters. The summed E-state index contributed by atoms with van der Waals surface area (Å²) in [6, 6.07) is 0. The van der Waals surface area contributed by atoms with Gasteiger partial charge in [0, 0.05) is 0 Å². The highest BCUT2D eigenvalue weighted by Crippen LogP contribution is 1.93. The van der Waals surface area contributed by atoms with Gasteiger partial charge in [0.15, 0.2) is 20.9 Å². The number of nitrogens with one attached hydrogen (secondary N) is 1. The lowest BCUT2D eigenvalue weighted by molar-refractivity contribution is 0.677. The Morgan fingerprint density at radius 2 is 2.08 bits per heavy atom. The molecule has 13 heavy (non-hydrogen) atoms. The van der Waals surface area contributed by atoms with Crippen LogP contribution in [0.4, 0.5) is 0 Å². The van der Waals surface area contributed by atoms with Gasteiger partial charge < -0.3 is 0 Å². The zero-order valence-electron chi connectivity index (χ0n) is 7.46. The van der Waals surface area contributed by atoms with Gasteiger partial charge in [0.1, 0.15) is 5.22 Å². The molecule has 0 amide bonds. The fourth-order valence-electron chi connectivity index (χ4n) is 0.579. The van der Waals surface area contributed by atoms with Gasteiger partial charge in [-0.15, -0.1) is 0 Å². The summed E-state index contributed by atoms with van der Waals surface area (Å²) >= 11 is 0. The van der Waals surface area contributed by atoms with Gasteiger partial charge in [0.05, 0.1) is 11.8 Å². The molecule has 0 bridgehead atoms. The Hall–Kier alpha value is -1.60. The molecule has 0 aromatic heterocycles. The van der Waals surface area contributed by atoms with Crippen LogP contribution in [0.3, 0.4) is 0 Å². The van der Waals surface area contributed by atoms with Crippen molar-refractivity contribution in [3.05, 3.63) is 0 Å². The SMILES string of the molecule is CCCCCN=NN=[N+]N=NN=N. The maximum Gasteiger partial charge on any atom is 0.171 e. The van der Waals surface area contributed by atoms with Gasteiger partial charge in [-0.05, 0) is 6.42 Å². The average Bonchev–Trinajstić information content (AvgIpc) is 2.16. The molecule has 0 rings (SSSR count). The molecule has 0 aromatic carbocycles. The average molecular weight is 184 g/mol. The van der Waals surface area contributed by atoms with Crippen LogP contribution in [-0.4, -0.2) is 6.54 Å². The van der Waals surface area contributed by atoms with Crippen molar-refractivity contribution in [2.45, 2.75) is 26.2 Å². The standard InChI is InChI=1S/C5H12N8/c1-2-3-4-5-7-9-11-13-12-10-8-6/h6H,2-5H2,1H3/q+1. The van der Waals surface area contributed by atoms with E-state index in [0.29, 0.717) is 6.54 Å². The van der Waals surface area contributed by atoms with Crippen LogP contribution in [0.15, 0.2) is 31.2 Å². The molecule has 0 saturated carbocycles. The van der Waals surface area contributed by atoms with E-state index in [2.05, 4.69) is 43.4 Å². The van der Waals surface area contributed by atoms with Crippen molar-refractivity contribution < 1.29 is 0 Å². The number of rotatable bonds is 7. The summed E-state index contributed by atoms with van der Waals surface area (Å²) < 4.78 is 0. The number of hydrogen-bond donors (Lipinski definition) is 1. The lowest BCUT2D eigenvalue weighted by Gasteiger charge is -1.85. The van der Waals surface area contributed by atoms with Crippen LogP contribution in [-0.2, 0) is 0 Å². The third-order valence-corrected chi connectivity index (χ3v) is 1.13. The van der Waals surface area contributed by atoms with Crippen LogP contribution in [0.5, 0.6) is 0 Å². The highest BCUT2D eigenvalue weighted by Gasteiger charge is 1.85. The molecule has 0 aliphatic heterocycles. The number of hydrogen-bond acceptors (Lipinski definition) is 2. The van der Waals surface area contributed by atoms with Crippen molar-refractivity contribution in [1.82, 2.24) is 5.22 Å². The van der Waals surface area contributed by atoms with Gasteiger partial charge in [-0.3, -0.25) is 0 Å². The zero-order valence-corrected chi connectivity index (χ0v) is 7.46. The first-order valence-corrected chi connectivity index (χ1v) is 3.95. The van der Waals surface area contributed by atoms with Crippen LogP contribution in [0.1, 0.15) is 26.2 Å². The van der Waals surface area contributed by atoms with E-state index >= 15 is 0 Å². The summed E-state index contributed by atoms with van der Waals surface area (Å²) in [5, 5.41) is 21.8. The molecular weight excluding hydrogens is 172 g/mol. The number of nitrogens with zero attached hydrogens (tertiary/aromatic N) is 7. The minimum absolute atomic E-state index is 0.646. The molecule has 0 atom stereocenters. The Kier molecular flexibility index (Phi) is 9.12. The van der Waals surface area contributed by atoms with Gasteiger partial charge in [-0.2, -0.15) is 5.53 Å². The highest BCUT2D eigenvalue weighted by atomic mass is 15.6. The maximum absolute atomic E-state index is 6.20. The zero-order chi connectivity index (χ0) is 9.78. The van der Waals surface area contributed by atoms with Crippen LogP contribution in [0.2, 0.25) is 0 Å². The second-order valence-electron chi connectivity index (χ2n) is 2.12. The molecule has 1 N–H and O–H groups in total. The molecule has 8 nitrogen and oxygen atoms in total. The monoisotopic (exact) mass is 184 g/mol. The Bertz CT molecular complexity index is 195. The van der Waals surface area contributed by atoms with Gasteiger partial charge in [0.2, 0.25) is 0 Å². The smallest absolute Gasteiger partial charge is 0.168 e. The summed E-state index contributed by atoms with van der Waals surface area (Å²) in [7, 11) is 0.